The van der Waals surface area contributed by atoms with Gasteiger partial charge in [-0.15, -0.1) is 11.3 Å². The lowest BCUT2D eigenvalue weighted by Gasteiger charge is -1.99. The van der Waals surface area contributed by atoms with Gasteiger partial charge in [0.15, 0.2) is 5.13 Å². The average molecular weight is 241 g/mol. The summed E-state index contributed by atoms with van der Waals surface area (Å²) in [4.78, 5) is 0.937. The number of aliphatic hydroxyl groups is 1. The molecule has 0 aliphatic carbocycles. The third-order valence-electron chi connectivity index (χ3n) is 2.06. The summed E-state index contributed by atoms with van der Waals surface area (Å²) in [7, 11) is 0. The minimum Gasteiger partial charge on any atom is -0.394 e. The number of hydrogen-bond donors (Lipinski definition) is 2. The molecule has 0 aliphatic rings. The molecule has 2 N–H and O–H groups in total. The monoisotopic (exact) mass is 241 g/mol. The van der Waals surface area contributed by atoms with Crippen LogP contribution in [0.3, 0.4) is 0 Å². The fourth-order valence-corrected chi connectivity index (χ4v) is 1.98. The molecule has 0 atom stereocenters. The molecule has 16 heavy (non-hydrogen) atoms. The van der Waals surface area contributed by atoms with Crippen molar-refractivity contribution in [2.75, 3.05) is 11.9 Å². The molecule has 6 heteroatoms. The maximum Gasteiger partial charge on any atom is 0.176 e. The van der Waals surface area contributed by atoms with Gasteiger partial charge in [0, 0.05) is 17.6 Å². The van der Waals surface area contributed by atoms with Crippen LogP contribution in [0, 0.1) is 5.13 Å². The Labute approximate surface area is 96.3 Å². The van der Waals surface area contributed by atoms with E-state index in [1.54, 1.807) is 23.1 Å². The van der Waals surface area contributed by atoms with E-state index < -0.39 is 0 Å². The molecule has 4 nitrogen and oxygen atoms in total. The number of nitrogens with one attached hydrogen (secondary N) is 1. The molecule has 0 aromatic carbocycles. The SMILES string of the molecule is OCCn1cc(NCc2ccc(F)s2)cn1. The van der Waals surface area contributed by atoms with Crippen molar-refractivity contribution in [2.45, 2.75) is 13.1 Å². The lowest BCUT2D eigenvalue weighted by molar-refractivity contribution is 0.269. The first-order valence-corrected chi connectivity index (χ1v) is 5.71. The zero-order chi connectivity index (χ0) is 11.4. The molecule has 0 bridgehead atoms. The van der Waals surface area contributed by atoms with Crippen LogP contribution in [0.1, 0.15) is 4.88 Å². The number of aliphatic hydroxyl groups excluding tert-OH is 1. The average Bonchev–Trinajstić information content (AvgIpc) is 2.85. The molecule has 0 aliphatic heterocycles. The summed E-state index contributed by atoms with van der Waals surface area (Å²) in [5, 5.41) is 15.7. The van der Waals surface area contributed by atoms with Gasteiger partial charge < -0.3 is 10.4 Å². The Balaban J connectivity index is 1.89. The van der Waals surface area contributed by atoms with E-state index in [-0.39, 0.29) is 11.7 Å². The molecule has 2 aromatic heterocycles. The first-order chi connectivity index (χ1) is 7.78. The van der Waals surface area contributed by atoms with E-state index >= 15 is 0 Å². The van der Waals surface area contributed by atoms with Gasteiger partial charge in [0.2, 0.25) is 0 Å². The van der Waals surface area contributed by atoms with Crippen molar-refractivity contribution < 1.29 is 9.50 Å². The molecule has 0 fully saturated rings. The molecule has 0 spiro atoms. The van der Waals surface area contributed by atoms with Crippen LogP contribution < -0.4 is 5.32 Å². The van der Waals surface area contributed by atoms with E-state index in [9.17, 15) is 4.39 Å². The molecule has 0 saturated carbocycles. The lowest BCUT2D eigenvalue weighted by atomic mass is 10.4. The topological polar surface area (TPSA) is 50.1 Å². The van der Waals surface area contributed by atoms with Crippen LogP contribution in [0.15, 0.2) is 24.5 Å². The summed E-state index contributed by atoms with van der Waals surface area (Å²) in [6.07, 6.45) is 3.49. The normalized spacial score (nSPS) is 10.6. The Bertz CT molecular complexity index is 454. The van der Waals surface area contributed by atoms with Gasteiger partial charge in [-0.05, 0) is 12.1 Å². The van der Waals surface area contributed by atoms with Crippen LogP contribution in [-0.2, 0) is 13.1 Å². The highest BCUT2D eigenvalue weighted by atomic mass is 32.1. The van der Waals surface area contributed by atoms with E-state index in [1.807, 2.05) is 0 Å². The third-order valence-corrected chi connectivity index (χ3v) is 2.93. The number of thiophene rings is 1. The molecule has 0 amide bonds. The zero-order valence-corrected chi connectivity index (χ0v) is 9.38. The number of halogens is 1. The van der Waals surface area contributed by atoms with Crippen molar-refractivity contribution in [3.63, 3.8) is 0 Å². The van der Waals surface area contributed by atoms with Crippen LogP contribution >= 0.6 is 11.3 Å². The van der Waals surface area contributed by atoms with Gasteiger partial charge in [-0.3, -0.25) is 4.68 Å². The maximum absolute atomic E-state index is 12.7. The third kappa shape index (κ3) is 2.80. The minimum absolute atomic E-state index is 0.0667. The van der Waals surface area contributed by atoms with Crippen molar-refractivity contribution in [1.29, 1.82) is 0 Å². The van der Waals surface area contributed by atoms with Crippen LogP contribution in [0.25, 0.3) is 0 Å². The molecule has 0 saturated heterocycles. The minimum atomic E-state index is -0.173. The van der Waals surface area contributed by atoms with Crippen LogP contribution in [0.4, 0.5) is 10.1 Å². The Morgan fingerprint density at radius 3 is 3.06 bits per heavy atom. The van der Waals surface area contributed by atoms with Gasteiger partial charge in [-0.2, -0.15) is 9.49 Å². The molecular weight excluding hydrogens is 229 g/mol. The van der Waals surface area contributed by atoms with E-state index in [2.05, 4.69) is 10.4 Å². The maximum atomic E-state index is 12.7. The summed E-state index contributed by atoms with van der Waals surface area (Å²) in [5.41, 5.74) is 0.863. The Hall–Kier alpha value is -1.40. The molecule has 2 rings (SSSR count). The second-order valence-electron chi connectivity index (χ2n) is 3.28. The summed E-state index contributed by atoms with van der Waals surface area (Å²) >= 11 is 1.13. The van der Waals surface area contributed by atoms with Gasteiger partial charge in [0.05, 0.1) is 25.0 Å². The fraction of sp³-hybridized carbons (Fsp3) is 0.300. The predicted molar refractivity (Wildman–Crippen MR) is 60.9 cm³/mol. The molecule has 0 radical (unpaired) electrons. The first-order valence-electron chi connectivity index (χ1n) is 4.89. The lowest BCUT2D eigenvalue weighted by Crippen LogP contribution is -2.01. The highest BCUT2D eigenvalue weighted by Crippen LogP contribution is 2.16. The number of anilines is 1. The highest BCUT2D eigenvalue weighted by molar-refractivity contribution is 7.10. The van der Waals surface area contributed by atoms with Crippen LogP contribution in [0.2, 0.25) is 0 Å². The smallest absolute Gasteiger partial charge is 0.176 e. The Morgan fingerprint density at radius 1 is 1.50 bits per heavy atom. The summed E-state index contributed by atoms with van der Waals surface area (Å²) < 4.78 is 14.4. The van der Waals surface area contributed by atoms with Gasteiger partial charge >= 0.3 is 0 Å². The summed E-state index contributed by atoms with van der Waals surface area (Å²) in [5.74, 6) is 0. The molecule has 0 unspecified atom stereocenters. The van der Waals surface area contributed by atoms with Crippen molar-refractivity contribution in [3.8, 4) is 0 Å². The number of rotatable bonds is 5. The van der Waals surface area contributed by atoms with E-state index in [0.29, 0.717) is 13.1 Å². The van der Waals surface area contributed by atoms with Gasteiger partial charge in [-0.1, -0.05) is 0 Å². The van der Waals surface area contributed by atoms with E-state index in [0.717, 1.165) is 21.9 Å². The Morgan fingerprint density at radius 2 is 2.38 bits per heavy atom. The van der Waals surface area contributed by atoms with Crippen molar-refractivity contribution in [3.05, 3.63) is 34.5 Å². The van der Waals surface area contributed by atoms with Gasteiger partial charge in [-0.25, -0.2) is 0 Å². The summed E-state index contributed by atoms with van der Waals surface area (Å²) in [6, 6.07) is 3.21. The number of nitrogens with zero attached hydrogens (tertiary/aromatic N) is 2. The second kappa shape index (κ2) is 5.09. The first kappa shape index (κ1) is 11.1. The zero-order valence-electron chi connectivity index (χ0n) is 8.56. The van der Waals surface area contributed by atoms with Gasteiger partial charge in [0.25, 0.3) is 0 Å². The summed E-state index contributed by atoms with van der Waals surface area (Å²) in [6.45, 7) is 1.13. The molecular formula is C10H12FN3OS. The standard InChI is InChI=1S/C10H12FN3OS/c11-10-2-1-9(16-10)6-12-8-5-13-14(7-8)3-4-15/h1-2,5,7,12,15H,3-4,6H2. The fourth-order valence-electron chi connectivity index (χ4n) is 1.32. The van der Waals surface area contributed by atoms with E-state index in [1.165, 1.54) is 6.07 Å². The van der Waals surface area contributed by atoms with Crippen molar-refractivity contribution in [1.82, 2.24) is 9.78 Å². The Kier molecular flexibility index (Phi) is 3.53. The molecule has 2 heterocycles. The quantitative estimate of drug-likeness (QED) is 0.837. The van der Waals surface area contributed by atoms with Crippen LogP contribution in [0.5, 0.6) is 0 Å². The van der Waals surface area contributed by atoms with Crippen LogP contribution in [-0.4, -0.2) is 21.5 Å². The van der Waals surface area contributed by atoms with Crippen molar-refractivity contribution >= 4 is 17.0 Å². The predicted octanol–water partition coefficient (Wildman–Crippen LogP) is 1.69. The second-order valence-corrected chi connectivity index (χ2v) is 4.39. The van der Waals surface area contributed by atoms with Gasteiger partial charge in [0.1, 0.15) is 0 Å². The van der Waals surface area contributed by atoms with E-state index in [4.69, 9.17) is 5.11 Å². The largest absolute Gasteiger partial charge is 0.394 e. The molecule has 86 valence electrons. The number of aromatic nitrogens is 2. The van der Waals surface area contributed by atoms with Crippen molar-refractivity contribution in [2.24, 2.45) is 0 Å². The highest BCUT2D eigenvalue weighted by Gasteiger charge is 2.00. The molecule has 2 aromatic rings. The number of hydrogen-bond acceptors (Lipinski definition) is 4.